The van der Waals surface area contributed by atoms with Gasteiger partial charge in [0.25, 0.3) is 10.0 Å². The van der Waals surface area contributed by atoms with Gasteiger partial charge in [-0.2, -0.15) is 0 Å². The number of halogens is 2. The number of anilines is 2. The molecule has 0 aliphatic heterocycles. The fourth-order valence-corrected chi connectivity index (χ4v) is 4.03. The summed E-state index contributed by atoms with van der Waals surface area (Å²) in [7, 11) is -3.78. The Labute approximate surface area is 131 Å². The van der Waals surface area contributed by atoms with Crippen LogP contribution in [0, 0.1) is 6.92 Å². The Morgan fingerprint density at radius 1 is 1.25 bits per heavy atom. The highest BCUT2D eigenvalue weighted by Gasteiger charge is 2.19. The van der Waals surface area contributed by atoms with E-state index < -0.39 is 10.0 Å². The van der Waals surface area contributed by atoms with Crippen molar-refractivity contribution >= 4 is 48.9 Å². The van der Waals surface area contributed by atoms with Gasteiger partial charge in [-0.1, -0.05) is 39.7 Å². The van der Waals surface area contributed by atoms with Crippen molar-refractivity contribution < 1.29 is 8.42 Å². The molecule has 106 valence electrons. The maximum absolute atomic E-state index is 12.3. The second kappa shape index (κ2) is 5.63. The summed E-state index contributed by atoms with van der Waals surface area (Å²) in [5.41, 5.74) is 7.27. The molecule has 0 spiro atoms. The van der Waals surface area contributed by atoms with Crippen LogP contribution in [0.4, 0.5) is 11.4 Å². The number of hydrogen-bond acceptors (Lipinski definition) is 3. The third kappa shape index (κ3) is 3.08. The van der Waals surface area contributed by atoms with Crippen molar-refractivity contribution in [2.24, 2.45) is 0 Å². The number of hydrogen-bond donors (Lipinski definition) is 2. The quantitative estimate of drug-likeness (QED) is 0.802. The number of sulfonamides is 1. The van der Waals surface area contributed by atoms with Gasteiger partial charge in [0, 0.05) is 4.47 Å². The van der Waals surface area contributed by atoms with Crippen LogP contribution >= 0.6 is 27.5 Å². The fourth-order valence-electron chi connectivity index (χ4n) is 1.76. The molecule has 0 saturated carbocycles. The molecule has 20 heavy (non-hydrogen) atoms. The molecule has 0 amide bonds. The molecule has 0 radical (unpaired) electrons. The Kier molecular flexibility index (Phi) is 4.27. The fraction of sp³-hybridized carbons (Fsp3) is 0.0769. The van der Waals surface area contributed by atoms with Gasteiger partial charge in [0.2, 0.25) is 0 Å². The van der Waals surface area contributed by atoms with Crippen LogP contribution in [0.25, 0.3) is 0 Å². The van der Waals surface area contributed by atoms with Crippen LogP contribution in [0.5, 0.6) is 0 Å². The van der Waals surface area contributed by atoms with Crippen LogP contribution in [0.1, 0.15) is 5.56 Å². The Morgan fingerprint density at radius 3 is 2.50 bits per heavy atom. The summed E-state index contributed by atoms with van der Waals surface area (Å²) >= 11 is 9.23. The van der Waals surface area contributed by atoms with Gasteiger partial charge in [0.15, 0.2) is 0 Å². The van der Waals surface area contributed by atoms with E-state index in [1.807, 2.05) is 0 Å². The van der Waals surface area contributed by atoms with E-state index in [0.29, 0.717) is 16.9 Å². The van der Waals surface area contributed by atoms with E-state index in [1.165, 1.54) is 12.1 Å². The summed E-state index contributed by atoms with van der Waals surface area (Å²) in [6, 6.07) is 9.65. The SMILES string of the molecule is Cc1cc(Br)cc(N)c1NS(=O)(=O)c1ccccc1Cl. The van der Waals surface area contributed by atoms with E-state index in [2.05, 4.69) is 20.7 Å². The van der Waals surface area contributed by atoms with Crippen LogP contribution in [0.2, 0.25) is 5.02 Å². The van der Waals surface area contributed by atoms with Gasteiger partial charge in [-0.05, 0) is 36.8 Å². The van der Waals surface area contributed by atoms with Crippen molar-refractivity contribution in [3.05, 3.63) is 51.5 Å². The van der Waals surface area contributed by atoms with Gasteiger partial charge < -0.3 is 5.73 Å². The van der Waals surface area contributed by atoms with Gasteiger partial charge in [0.1, 0.15) is 4.90 Å². The van der Waals surface area contributed by atoms with Crippen molar-refractivity contribution in [3.63, 3.8) is 0 Å². The second-order valence-corrected chi connectivity index (χ2v) is 7.20. The summed E-state index contributed by atoms with van der Waals surface area (Å²) in [6.45, 7) is 1.77. The van der Waals surface area contributed by atoms with Gasteiger partial charge in [-0.15, -0.1) is 0 Å². The lowest BCUT2D eigenvalue weighted by Crippen LogP contribution is -2.15. The maximum atomic E-state index is 12.3. The van der Waals surface area contributed by atoms with Crippen molar-refractivity contribution in [1.82, 2.24) is 0 Å². The first kappa shape index (κ1) is 15.2. The predicted octanol–water partition coefficient (Wildman–Crippen LogP) is 3.79. The smallest absolute Gasteiger partial charge is 0.263 e. The van der Waals surface area contributed by atoms with E-state index >= 15 is 0 Å². The summed E-state index contributed by atoms with van der Waals surface area (Å²) < 4.78 is 28.0. The third-order valence-corrected chi connectivity index (χ3v) is 5.00. The second-order valence-electron chi connectivity index (χ2n) is 4.22. The number of nitrogen functional groups attached to an aromatic ring is 1. The van der Waals surface area contributed by atoms with Crippen LogP contribution < -0.4 is 10.5 Å². The first-order valence-corrected chi connectivity index (χ1v) is 8.29. The molecule has 0 atom stereocenters. The van der Waals surface area contributed by atoms with Crippen LogP contribution in [-0.4, -0.2) is 8.42 Å². The molecule has 0 aliphatic rings. The molecule has 3 N–H and O–H groups in total. The van der Waals surface area contributed by atoms with Gasteiger partial charge in [-0.3, -0.25) is 4.72 Å². The van der Waals surface area contributed by atoms with E-state index in [9.17, 15) is 8.42 Å². The predicted molar refractivity (Wildman–Crippen MR) is 85.6 cm³/mol. The summed E-state index contributed by atoms with van der Waals surface area (Å²) in [5.74, 6) is 0. The summed E-state index contributed by atoms with van der Waals surface area (Å²) in [6.07, 6.45) is 0. The minimum Gasteiger partial charge on any atom is -0.397 e. The minimum absolute atomic E-state index is 0.0170. The highest BCUT2D eigenvalue weighted by molar-refractivity contribution is 9.10. The average Bonchev–Trinajstić information content (AvgIpc) is 2.34. The molecule has 4 nitrogen and oxygen atoms in total. The van der Waals surface area contributed by atoms with Crippen LogP contribution in [0.3, 0.4) is 0 Å². The van der Waals surface area contributed by atoms with Crippen molar-refractivity contribution in [1.29, 1.82) is 0 Å². The van der Waals surface area contributed by atoms with Crippen LogP contribution in [-0.2, 0) is 10.0 Å². The van der Waals surface area contributed by atoms with Gasteiger partial charge >= 0.3 is 0 Å². The molecular formula is C13H12BrClN2O2S. The Bertz CT molecular complexity index is 740. The lowest BCUT2D eigenvalue weighted by Gasteiger charge is -2.14. The number of nitrogens with two attached hydrogens (primary N) is 1. The first-order chi connectivity index (χ1) is 9.31. The normalized spacial score (nSPS) is 11.3. The van der Waals surface area contributed by atoms with E-state index in [0.717, 1.165) is 4.47 Å². The van der Waals surface area contributed by atoms with Gasteiger partial charge in [0.05, 0.1) is 16.4 Å². The molecule has 2 aromatic carbocycles. The topological polar surface area (TPSA) is 72.2 Å². The largest absolute Gasteiger partial charge is 0.397 e. The standard InChI is InChI=1S/C13H12BrClN2O2S/c1-8-6-9(14)7-11(16)13(8)17-20(18,19)12-5-3-2-4-10(12)15/h2-7,17H,16H2,1H3. The first-order valence-electron chi connectivity index (χ1n) is 5.64. The maximum Gasteiger partial charge on any atom is 0.263 e. The summed E-state index contributed by atoms with van der Waals surface area (Å²) in [4.78, 5) is 0.0170. The highest BCUT2D eigenvalue weighted by Crippen LogP contribution is 2.31. The third-order valence-electron chi connectivity index (χ3n) is 2.69. The molecule has 2 rings (SSSR count). The Balaban J connectivity index is 2.47. The van der Waals surface area contributed by atoms with Crippen molar-refractivity contribution in [2.45, 2.75) is 11.8 Å². The van der Waals surface area contributed by atoms with Crippen molar-refractivity contribution in [2.75, 3.05) is 10.5 Å². The molecule has 2 aromatic rings. The Morgan fingerprint density at radius 2 is 1.90 bits per heavy atom. The van der Waals surface area contributed by atoms with Crippen molar-refractivity contribution in [3.8, 4) is 0 Å². The van der Waals surface area contributed by atoms with E-state index in [-0.39, 0.29) is 9.92 Å². The van der Waals surface area contributed by atoms with E-state index in [1.54, 1.807) is 31.2 Å². The number of benzene rings is 2. The molecule has 0 aromatic heterocycles. The summed E-state index contributed by atoms with van der Waals surface area (Å²) in [5, 5.41) is 0.160. The lowest BCUT2D eigenvalue weighted by atomic mass is 10.2. The Hall–Kier alpha value is -1.24. The molecule has 0 aliphatic carbocycles. The van der Waals surface area contributed by atoms with Crippen LogP contribution in [0.15, 0.2) is 45.8 Å². The molecule has 0 saturated heterocycles. The average molecular weight is 376 g/mol. The lowest BCUT2D eigenvalue weighted by molar-refractivity contribution is 0.601. The zero-order valence-electron chi connectivity index (χ0n) is 10.5. The zero-order valence-corrected chi connectivity index (χ0v) is 13.7. The molecule has 0 heterocycles. The molecule has 7 heteroatoms. The molecule has 0 unspecified atom stereocenters. The number of nitrogens with one attached hydrogen (secondary N) is 1. The number of rotatable bonds is 3. The zero-order chi connectivity index (χ0) is 14.9. The molecule has 0 bridgehead atoms. The van der Waals surface area contributed by atoms with E-state index in [4.69, 9.17) is 17.3 Å². The monoisotopic (exact) mass is 374 g/mol. The van der Waals surface area contributed by atoms with Gasteiger partial charge in [-0.25, -0.2) is 8.42 Å². The highest BCUT2D eigenvalue weighted by atomic mass is 79.9. The molecular weight excluding hydrogens is 364 g/mol. The minimum atomic E-state index is -3.78. The number of aryl methyl sites for hydroxylation is 1. The molecule has 0 fully saturated rings.